The van der Waals surface area contributed by atoms with Crippen molar-refractivity contribution in [2.24, 2.45) is 33.6 Å². The zero-order valence-electron chi connectivity index (χ0n) is 14.0. The topological polar surface area (TPSA) is 21.6 Å². The van der Waals surface area contributed by atoms with E-state index in [9.17, 15) is 0 Å². The van der Waals surface area contributed by atoms with Crippen LogP contribution in [0.2, 0.25) is 0 Å². The van der Waals surface area contributed by atoms with Crippen molar-refractivity contribution < 1.29 is 4.43 Å². The highest BCUT2D eigenvalue weighted by Crippen LogP contribution is 2.62. The molecule has 21 heavy (non-hydrogen) atoms. The van der Waals surface area contributed by atoms with Gasteiger partial charge in [0.1, 0.15) is 10.5 Å². The van der Waals surface area contributed by atoms with Crippen molar-refractivity contribution in [2.45, 2.75) is 71.3 Å². The van der Waals surface area contributed by atoms with Crippen LogP contribution in [0.25, 0.3) is 0 Å². The van der Waals surface area contributed by atoms with E-state index in [1.807, 2.05) is 0 Å². The Morgan fingerprint density at radius 3 is 2.76 bits per heavy atom. The molecule has 0 aromatic heterocycles. The Labute approximate surface area is 132 Å². The van der Waals surface area contributed by atoms with E-state index in [-0.39, 0.29) is 0 Å². The van der Waals surface area contributed by atoms with Gasteiger partial charge >= 0.3 is 0 Å². The minimum atomic E-state index is 0.447. The van der Waals surface area contributed by atoms with Crippen LogP contribution in [-0.4, -0.2) is 28.8 Å². The van der Waals surface area contributed by atoms with Crippen molar-refractivity contribution in [3.63, 3.8) is 0 Å². The Bertz CT molecular complexity index is 464. The molecule has 0 spiro atoms. The lowest BCUT2D eigenvalue weighted by atomic mass is 9.50. The Morgan fingerprint density at radius 2 is 1.95 bits per heavy atom. The zero-order valence-corrected chi connectivity index (χ0v) is 16.0. The first-order valence-electron chi connectivity index (χ1n) is 9.16. The molecular weight excluding hydrogens is 274 g/mol. The van der Waals surface area contributed by atoms with E-state index in [1.165, 1.54) is 51.4 Å². The summed E-state index contributed by atoms with van der Waals surface area (Å²) in [5, 5.41) is 0. The second-order valence-corrected chi connectivity index (χ2v) is 9.11. The molecule has 4 rings (SSSR count). The summed E-state index contributed by atoms with van der Waals surface area (Å²) in [5.74, 6) is 2.63. The smallest absolute Gasteiger partial charge is 0.146 e. The monoisotopic (exact) mass is 305 g/mol. The second-order valence-electron chi connectivity index (χ2n) is 8.63. The Balaban J connectivity index is 1.67. The van der Waals surface area contributed by atoms with Crippen molar-refractivity contribution >= 4 is 16.2 Å². The van der Waals surface area contributed by atoms with Gasteiger partial charge in [0, 0.05) is 23.8 Å². The van der Waals surface area contributed by atoms with Crippen LogP contribution in [0.15, 0.2) is 4.99 Å². The predicted molar refractivity (Wildman–Crippen MR) is 90.7 cm³/mol. The second kappa shape index (κ2) is 4.92. The average Bonchev–Trinajstić information content (AvgIpc) is 2.83. The number of hydrogen-bond donors (Lipinski definition) is 0. The standard InChI is InChI=1S/C18H31NOSi/c1-17-9-4-3-5-15(17)19-11-12-13-6-7-16(20-21)18(13,2)10-8-14(12)17/h12-14,16H,3-11H2,1-2,21H3/t12-,13-,14+,16?,17+,18-/m0/s1. The van der Waals surface area contributed by atoms with E-state index in [0.29, 0.717) is 16.9 Å². The highest BCUT2D eigenvalue weighted by molar-refractivity contribution is 5.98. The van der Waals surface area contributed by atoms with E-state index in [4.69, 9.17) is 9.42 Å². The number of rotatable bonds is 1. The summed E-state index contributed by atoms with van der Waals surface area (Å²) in [6.07, 6.45) is 11.6. The summed E-state index contributed by atoms with van der Waals surface area (Å²) in [4.78, 5) is 5.13. The zero-order chi connectivity index (χ0) is 14.7. The fraction of sp³-hybridized carbons (Fsp3) is 0.944. The Morgan fingerprint density at radius 1 is 1.10 bits per heavy atom. The molecule has 1 heterocycles. The summed E-state index contributed by atoms with van der Waals surface area (Å²) >= 11 is 0. The van der Waals surface area contributed by atoms with Gasteiger partial charge in [0.2, 0.25) is 0 Å². The first-order chi connectivity index (χ1) is 10.1. The van der Waals surface area contributed by atoms with Gasteiger partial charge in [0.25, 0.3) is 0 Å². The summed E-state index contributed by atoms with van der Waals surface area (Å²) in [6, 6.07) is 0. The minimum Gasteiger partial charge on any atom is -0.424 e. The normalized spacial score (nSPS) is 52.8. The van der Waals surface area contributed by atoms with Crippen LogP contribution in [0, 0.1) is 28.6 Å². The molecule has 0 aromatic carbocycles. The first-order valence-corrected chi connectivity index (χ1v) is 9.98. The third kappa shape index (κ3) is 1.89. The van der Waals surface area contributed by atoms with Gasteiger partial charge in [-0.1, -0.05) is 20.3 Å². The van der Waals surface area contributed by atoms with Crippen LogP contribution in [0.3, 0.4) is 0 Å². The number of nitrogens with zero attached hydrogens (tertiary/aromatic N) is 1. The average molecular weight is 306 g/mol. The lowest BCUT2D eigenvalue weighted by molar-refractivity contribution is -0.0463. The SMILES string of the molecule is C[C@]12CCCCC1=NC[C@@H]1[C@H]2CC[C@]2(C)C(O[SiH3])CC[C@@H]12. The number of fused-ring (bicyclic) bond motifs is 5. The van der Waals surface area contributed by atoms with Gasteiger partial charge in [-0.2, -0.15) is 0 Å². The van der Waals surface area contributed by atoms with Crippen LogP contribution in [-0.2, 0) is 4.43 Å². The van der Waals surface area contributed by atoms with Gasteiger partial charge in [-0.3, -0.25) is 4.99 Å². The fourth-order valence-corrected chi connectivity index (χ4v) is 7.54. The molecule has 3 heteroatoms. The molecule has 0 radical (unpaired) electrons. The molecule has 3 saturated carbocycles. The van der Waals surface area contributed by atoms with E-state index >= 15 is 0 Å². The Hall–Kier alpha value is -0.153. The van der Waals surface area contributed by atoms with E-state index in [0.717, 1.165) is 34.8 Å². The third-order valence-electron chi connectivity index (χ3n) is 7.96. The van der Waals surface area contributed by atoms with Gasteiger partial charge in [-0.15, -0.1) is 0 Å². The van der Waals surface area contributed by atoms with Gasteiger partial charge in [0.15, 0.2) is 0 Å². The molecule has 3 fully saturated rings. The van der Waals surface area contributed by atoms with Crippen molar-refractivity contribution in [1.29, 1.82) is 0 Å². The first kappa shape index (κ1) is 14.4. The van der Waals surface area contributed by atoms with Gasteiger partial charge in [-0.05, 0) is 68.1 Å². The molecule has 4 aliphatic rings. The van der Waals surface area contributed by atoms with Crippen LogP contribution >= 0.6 is 0 Å². The molecule has 0 aromatic rings. The lowest BCUT2D eigenvalue weighted by Crippen LogP contribution is -2.54. The van der Waals surface area contributed by atoms with E-state index in [2.05, 4.69) is 13.8 Å². The summed E-state index contributed by atoms with van der Waals surface area (Å²) in [5.41, 5.74) is 2.50. The van der Waals surface area contributed by atoms with Gasteiger partial charge in [0.05, 0.1) is 0 Å². The predicted octanol–water partition coefficient (Wildman–Crippen LogP) is 3.13. The highest BCUT2D eigenvalue weighted by atomic mass is 28.2. The molecule has 0 N–H and O–H groups in total. The van der Waals surface area contributed by atoms with Crippen LogP contribution in [0.5, 0.6) is 0 Å². The summed E-state index contributed by atoms with van der Waals surface area (Å²) < 4.78 is 6.00. The maximum atomic E-state index is 6.00. The molecule has 2 nitrogen and oxygen atoms in total. The molecule has 3 aliphatic carbocycles. The van der Waals surface area contributed by atoms with Crippen LogP contribution in [0.4, 0.5) is 0 Å². The van der Waals surface area contributed by atoms with Crippen molar-refractivity contribution in [3.8, 4) is 0 Å². The maximum Gasteiger partial charge on any atom is 0.146 e. The van der Waals surface area contributed by atoms with Crippen molar-refractivity contribution in [3.05, 3.63) is 0 Å². The molecule has 1 unspecified atom stereocenters. The van der Waals surface area contributed by atoms with E-state index in [1.54, 1.807) is 5.71 Å². The largest absolute Gasteiger partial charge is 0.424 e. The van der Waals surface area contributed by atoms with Crippen molar-refractivity contribution in [2.75, 3.05) is 6.54 Å². The number of hydrogen-bond acceptors (Lipinski definition) is 2. The summed E-state index contributed by atoms with van der Waals surface area (Å²) in [7, 11) is 0.899. The molecule has 0 amide bonds. The van der Waals surface area contributed by atoms with Gasteiger partial charge in [-0.25, -0.2) is 0 Å². The maximum absolute atomic E-state index is 6.00. The van der Waals surface area contributed by atoms with Gasteiger partial charge < -0.3 is 4.43 Å². The van der Waals surface area contributed by atoms with Crippen molar-refractivity contribution in [1.82, 2.24) is 0 Å². The summed E-state index contributed by atoms with van der Waals surface area (Å²) in [6.45, 7) is 6.22. The van der Waals surface area contributed by atoms with Crippen LogP contribution < -0.4 is 0 Å². The lowest BCUT2D eigenvalue weighted by Gasteiger charge is -2.56. The molecule has 0 bridgehead atoms. The molecule has 6 atom stereocenters. The third-order valence-corrected chi connectivity index (χ3v) is 8.53. The number of aliphatic imine (C=N–C) groups is 1. The minimum absolute atomic E-state index is 0.447. The molecular formula is C18H31NOSi. The Kier molecular flexibility index (Phi) is 3.38. The molecule has 118 valence electrons. The molecule has 0 saturated heterocycles. The van der Waals surface area contributed by atoms with Crippen LogP contribution in [0.1, 0.15) is 65.2 Å². The molecule has 1 aliphatic heterocycles. The highest BCUT2D eigenvalue weighted by Gasteiger charge is 2.58. The quantitative estimate of drug-likeness (QED) is 0.682. The fourth-order valence-electron chi connectivity index (χ4n) is 6.76. The van der Waals surface area contributed by atoms with E-state index < -0.39 is 0 Å².